The van der Waals surface area contributed by atoms with Crippen molar-refractivity contribution in [2.75, 3.05) is 32.7 Å². The predicted molar refractivity (Wildman–Crippen MR) is 108 cm³/mol. The molecule has 0 aromatic heterocycles. The molecule has 28 heavy (non-hydrogen) atoms. The van der Waals surface area contributed by atoms with Gasteiger partial charge in [-0.05, 0) is 80.6 Å². The Morgan fingerprint density at radius 2 is 1.79 bits per heavy atom. The van der Waals surface area contributed by atoms with E-state index in [9.17, 15) is 9.59 Å². The first-order valence-corrected chi connectivity index (χ1v) is 11.3. The summed E-state index contributed by atoms with van der Waals surface area (Å²) in [6.45, 7) is 7.61. The van der Waals surface area contributed by atoms with E-state index in [1.165, 1.54) is 38.5 Å². The van der Waals surface area contributed by atoms with Gasteiger partial charge < -0.3 is 15.3 Å². The molecule has 2 atom stereocenters. The van der Waals surface area contributed by atoms with E-state index in [0.717, 1.165) is 50.9 Å². The Balaban J connectivity index is 1.27. The molecule has 1 aliphatic heterocycles. The Morgan fingerprint density at radius 1 is 1.14 bits per heavy atom. The highest BCUT2D eigenvalue weighted by Gasteiger charge is 2.55. The standard InChI is InChI=1S/C22H37N3O3/c1-3-24(13-19(26)27)18-4-6-25(7-5-18)20(28)23-15-22-11-16-8-17(12-22)10-21(2,9-16)14-22/h16-18H,3-15H2,1-2H3,(H,23,28)(H,26,27). The second-order valence-corrected chi connectivity index (χ2v) is 10.6. The van der Waals surface area contributed by atoms with Gasteiger partial charge in [-0.2, -0.15) is 0 Å². The Bertz CT molecular complexity index is 600. The molecule has 6 nitrogen and oxygen atoms in total. The molecule has 4 bridgehead atoms. The van der Waals surface area contributed by atoms with Gasteiger partial charge in [0, 0.05) is 25.7 Å². The van der Waals surface area contributed by atoms with Crippen LogP contribution in [-0.4, -0.2) is 65.7 Å². The topological polar surface area (TPSA) is 72.9 Å². The van der Waals surface area contributed by atoms with Crippen molar-refractivity contribution >= 4 is 12.0 Å². The fourth-order valence-corrected chi connectivity index (χ4v) is 7.62. The minimum absolute atomic E-state index is 0.0839. The minimum Gasteiger partial charge on any atom is -0.480 e. The van der Waals surface area contributed by atoms with Crippen LogP contribution in [0.2, 0.25) is 0 Å². The molecule has 1 heterocycles. The van der Waals surface area contributed by atoms with Gasteiger partial charge in [0.1, 0.15) is 0 Å². The van der Waals surface area contributed by atoms with Crippen LogP contribution in [0.3, 0.4) is 0 Å². The largest absolute Gasteiger partial charge is 0.480 e. The summed E-state index contributed by atoms with van der Waals surface area (Å²) in [7, 11) is 0. The lowest BCUT2D eigenvalue weighted by Gasteiger charge is -2.61. The number of hydrogen-bond donors (Lipinski definition) is 2. The number of likely N-dealkylation sites (N-methyl/N-ethyl adjacent to an activating group) is 1. The van der Waals surface area contributed by atoms with E-state index < -0.39 is 5.97 Å². The number of nitrogens with one attached hydrogen (secondary N) is 1. The lowest BCUT2D eigenvalue weighted by Crippen LogP contribution is -2.56. The molecule has 4 saturated carbocycles. The normalized spacial score (nSPS) is 37.5. The van der Waals surface area contributed by atoms with Gasteiger partial charge in [0.25, 0.3) is 0 Å². The summed E-state index contributed by atoms with van der Waals surface area (Å²) in [6.07, 6.45) is 9.85. The van der Waals surface area contributed by atoms with Crippen LogP contribution in [0.1, 0.15) is 65.2 Å². The molecule has 158 valence electrons. The molecule has 6 heteroatoms. The van der Waals surface area contributed by atoms with Gasteiger partial charge in [-0.3, -0.25) is 9.69 Å². The number of piperidine rings is 1. The van der Waals surface area contributed by atoms with E-state index in [1.807, 2.05) is 16.7 Å². The molecular weight excluding hydrogens is 354 g/mol. The molecule has 5 fully saturated rings. The SMILES string of the molecule is CCN(CC(=O)O)C1CCN(C(=O)NCC23CC4CC(CC(C)(C4)C2)C3)CC1. The van der Waals surface area contributed by atoms with Crippen molar-refractivity contribution in [3.8, 4) is 0 Å². The number of carbonyl (C=O) groups excluding carboxylic acids is 1. The maximum Gasteiger partial charge on any atom is 0.317 e. The number of aliphatic carboxylic acids is 1. The van der Waals surface area contributed by atoms with Crippen molar-refractivity contribution in [3.05, 3.63) is 0 Å². The molecule has 0 aromatic carbocycles. The van der Waals surface area contributed by atoms with Crippen molar-refractivity contribution in [2.24, 2.45) is 22.7 Å². The van der Waals surface area contributed by atoms with E-state index in [2.05, 4.69) is 12.2 Å². The predicted octanol–water partition coefficient (Wildman–Crippen LogP) is 3.17. The van der Waals surface area contributed by atoms with Crippen LogP contribution in [0.4, 0.5) is 4.79 Å². The summed E-state index contributed by atoms with van der Waals surface area (Å²) in [5, 5.41) is 12.4. The number of carboxylic acid groups (broad SMARTS) is 1. The van der Waals surface area contributed by atoms with Crippen LogP contribution in [-0.2, 0) is 4.79 Å². The van der Waals surface area contributed by atoms with Crippen molar-refractivity contribution in [3.63, 3.8) is 0 Å². The molecule has 0 aromatic rings. The number of carbonyl (C=O) groups is 2. The lowest BCUT2D eigenvalue weighted by molar-refractivity contribution is -0.139. The van der Waals surface area contributed by atoms with E-state index in [0.29, 0.717) is 10.8 Å². The van der Waals surface area contributed by atoms with Crippen molar-refractivity contribution in [1.29, 1.82) is 0 Å². The first-order chi connectivity index (χ1) is 13.3. The van der Waals surface area contributed by atoms with Gasteiger partial charge in [-0.15, -0.1) is 0 Å². The molecule has 5 rings (SSSR count). The quantitative estimate of drug-likeness (QED) is 0.729. The monoisotopic (exact) mass is 391 g/mol. The van der Waals surface area contributed by atoms with Crippen molar-refractivity contribution in [1.82, 2.24) is 15.1 Å². The highest BCUT2D eigenvalue weighted by Crippen LogP contribution is 2.64. The molecule has 2 amide bonds. The minimum atomic E-state index is -0.772. The van der Waals surface area contributed by atoms with Gasteiger partial charge in [-0.1, -0.05) is 13.8 Å². The van der Waals surface area contributed by atoms with Crippen LogP contribution in [0.5, 0.6) is 0 Å². The fraction of sp³-hybridized carbons (Fsp3) is 0.909. The third-order valence-corrected chi connectivity index (χ3v) is 8.10. The average molecular weight is 392 g/mol. The van der Waals surface area contributed by atoms with Gasteiger partial charge in [0.2, 0.25) is 0 Å². The summed E-state index contributed by atoms with van der Waals surface area (Å²) >= 11 is 0. The second kappa shape index (κ2) is 7.51. The molecule has 5 aliphatic rings. The number of carboxylic acids is 1. The molecule has 0 radical (unpaired) electrons. The van der Waals surface area contributed by atoms with E-state index >= 15 is 0 Å². The number of urea groups is 1. The Morgan fingerprint density at radius 3 is 2.32 bits per heavy atom. The smallest absolute Gasteiger partial charge is 0.317 e. The van der Waals surface area contributed by atoms with Gasteiger partial charge >= 0.3 is 12.0 Å². The van der Waals surface area contributed by atoms with E-state index in [1.54, 1.807) is 0 Å². The maximum absolute atomic E-state index is 12.8. The Labute approximate surface area is 169 Å². The molecule has 2 unspecified atom stereocenters. The lowest BCUT2D eigenvalue weighted by atomic mass is 9.44. The summed E-state index contributed by atoms with van der Waals surface area (Å²) in [5.74, 6) is 0.993. The highest BCUT2D eigenvalue weighted by atomic mass is 16.4. The number of amides is 2. The van der Waals surface area contributed by atoms with Crippen LogP contribution in [0.15, 0.2) is 0 Å². The number of nitrogens with zero attached hydrogens (tertiary/aromatic N) is 2. The molecule has 1 saturated heterocycles. The van der Waals surface area contributed by atoms with Crippen molar-refractivity contribution < 1.29 is 14.7 Å². The van der Waals surface area contributed by atoms with Crippen molar-refractivity contribution in [2.45, 2.75) is 71.3 Å². The third kappa shape index (κ3) is 4.03. The number of likely N-dealkylation sites (tertiary alicyclic amines) is 1. The molecular formula is C22H37N3O3. The summed E-state index contributed by atoms with van der Waals surface area (Å²) in [4.78, 5) is 27.8. The summed E-state index contributed by atoms with van der Waals surface area (Å²) in [5.41, 5.74) is 0.855. The summed E-state index contributed by atoms with van der Waals surface area (Å²) < 4.78 is 0. The fourth-order valence-electron chi connectivity index (χ4n) is 7.62. The summed E-state index contributed by atoms with van der Waals surface area (Å²) in [6, 6.07) is 0.355. The molecule has 2 N–H and O–H groups in total. The first kappa shape index (κ1) is 20.0. The van der Waals surface area contributed by atoms with Gasteiger partial charge in [0.05, 0.1) is 6.54 Å². The maximum atomic E-state index is 12.8. The number of rotatable bonds is 6. The van der Waals surface area contributed by atoms with E-state index in [4.69, 9.17) is 5.11 Å². The Kier molecular flexibility index (Phi) is 5.36. The van der Waals surface area contributed by atoms with E-state index in [-0.39, 0.29) is 18.6 Å². The zero-order valence-corrected chi connectivity index (χ0v) is 17.6. The second-order valence-electron chi connectivity index (χ2n) is 10.6. The van der Waals surface area contributed by atoms with Gasteiger partial charge in [-0.25, -0.2) is 4.79 Å². The van der Waals surface area contributed by atoms with Crippen LogP contribution in [0.25, 0.3) is 0 Å². The van der Waals surface area contributed by atoms with Crippen LogP contribution in [0, 0.1) is 22.7 Å². The van der Waals surface area contributed by atoms with Crippen LogP contribution < -0.4 is 5.32 Å². The van der Waals surface area contributed by atoms with Crippen LogP contribution >= 0.6 is 0 Å². The zero-order valence-electron chi connectivity index (χ0n) is 17.6. The van der Waals surface area contributed by atoms with Gasteiger partial charge in [0.15, 0.2) is 0 Å². The molecule has 4 aliphatic carbocycles. The Hall–Kier alpha value is -1.30. The average Bonchev–Trinajstić information content (AvgIpc) is 2.62. The molecule has 0 spiro atoms. The first-order valence-electron chi connectivity index (χ1n) is 11.3. The highest BCUT2D eigenvalue weighted by molar-refractivity contribution is 5.74. The number of hydrogen-bond acceptors (Lipinski definition) is 3. The zero-order chi connectivity index (χ0) is 19.9. The third-order valence-electron chi connectivity index (χ3n) is 8.10.